The number of nitrogens with zero attached hydrogens (tertiary/aromatic N) is 3. The van der Waals surface area contributed by atoms with Crippen LogP contribution in [0.2, 0.25) is 0 Å². The van der Waals surface area contributed by atoms with E-state index in [1.165, 1.54) is 12.1 Å². The van der Waals surface area contributed by atoms with Crippen LogP contribution in [0.5, 0.6) is 0 Å². The normalized spacial score (nSPS) is 26.4. The van der Waals surface area contributed by atoms with Crippen molar-refractivity contribution in [1.82, 2.24) is 25.6 Å². The zero-order valence-corrected chi connectivity index (χ0v) is 26.3. The van der Waals surface area contributed by atoms with Crippen LogP contribution in [0.15, 0.2) is 48.7 Å². The summed E-state index contributed by atoms with van der Waals surface area (Å²) in [5.41, 5.74) is 5.04. The monoisotopic (exact) mass is 591 g/mol. The van der Waals surface area contributed by atoms with Crippen LogP contribution in [0.1, 0.15) is 64.8 Å². The molecule has 43 heavy (non-hydrogen) atoms. The van der Waals surface area contributed by atoms with Gasteiger partial charge in [-0.2, -0.15) is 0 Å². The first-order chi connectivity index (χ1) is 20.3. The van der Waals surface area contributed by atoms with Gasteiger partial charge in [-0.3, -0.25) is 24.4 Å². The second-order valence-corrected chi connectivity index (χ2v) is 12.4. The van der Waals surface area contributed by atoms with Crippen LogP contribution < -0.4 is 10.7 Å². The second-order valence-electron chi connectivity index (χ2n) is 12.4. The number of pyridine rings is 1. The van der Waals surface area contributed by atoms with E-state index in [-0.39, 0.29) is 30.4 Å². The van der Waals surface area contributed by atoms with Crippen LogP contribution in [0.4, 0.5) is 0 Å². The molecule has 1 aromatic carbocycles. The molecule has 10 heteroatoms. The number of ether oxygens (including phenoxy) is 2. The number of methoxy groups -OCH3 is 1. The SMILES string of the molecule is C=C1O[C@@H](C(C)C)C(=O)N[C@@H](COC)C(=O)N2CCC[C@H](N2)C(=O)N(C)[C@H](C)c2ccc3ccc(cc3n2)/C=C/C1(C)C. The average Bonchev–Trinajstić information content (AvgIpc) is 2.99. The molecule has 4 rings (SSSR count). The molecular formula is C33H45N5O5. The Morgan fingerprint density at radius 1 is 1.16 bits per heavy atom. The summed E-state index contributed by atoms with van der Waals surface area (Å²) in [5.74, 6) is -0.743. The van der Waals surface area contributed by atoms with Gasteiger partial charge in [0.2, 0.25) is 5.91 Å². The van der Waals surface area contributed by atoms with E-state index >= 15 is 0 Å². The fourth-order valence-corrected chi connectivity index (χ4v) is 5.22. The number of carbonyl (C=O) groups excluding carboxylic acids is 3. The first-order valence-corrected chi connectivity index (χ1v) is 14.9. The summed E-state index contributed by atoms with van der Waals surface area (Å²) in [6.07, 6.45) is 4.29. The van der Waals surface area contributed by atoms with Crippen molar-refractivity contribution >= 4 is 34.7 Å². The van der Waals surface area contributed by atoms with Crippen LogP contribution >= 0.6 is 0 Å². The van der Waals surface area contributed by atoms with Gasteiger partial charge in [-0.25, -0.2) is 5.43 Å². The molecule has 2 aliphatic heterocycles. The van der Waals surface area contributed by atoms with Gasteiger partial charge >= 0.3 is 0 Å². The van der Waals surface area contributed by atoms with Gasteiger partial charge in [0, 0.05) is 31.5 Å². The summed E-state index contributed by atoms with van der Waals surface area (Å²) in [6, 6.07) is 8.13. The molecule has 0 unspecified atom stereocenters. The van der Waals surface area contributed by atoms with Crippen molar-refractivity contribution in [3.63, 3.8) is 0 Å². The van der Waals surface area contributed by atoms with Crippen molar-refractivity contribution in [1.29, 1.82) is 0 Å². The Morgan fingerprint density at radius 3 is 2.58 bits per heavy atom. The van der Waals surface area contributed by atoms with Crippen molar-refractivity contribution in [3.8, 4) is 0 Å². The molecule has 2 aromatic rings. The molecule has 0 aliphatic carbocycles. The molecule has 3 heterocycles. The third kappa shape index (κ3) is 7.25. The van der Waals surface area contributed by atoms with E-state index in [4.69, 9.17) is 14.5 Å². The third-order valence-corrected chi connectivity index (χ3v) is 8.34. The summed E-state index contributed by atoms with van der Waals surface area (Å²) in [6.45, 7) is 14.2. The topological polar surface area (TPSA) is 113 Å². The molecule has 1 fully saturated rings. The number of carbonyl (C=O) groups is 3. The average molecular weight is 592 g/mol. The van der Waals surface area contributed by atoms with Gasteiger partial charge in [0.1, 0.15) is 12.1 Å². The van der Waals surface area contributed by atoms with Gasteiger partial charge in [0.05, 0.1) is 29.6 Å². The fraction of sp³-hybridized carbons (Fsp3) is 0.515. The number of amides is 3. The second kappa shape index (κ2) is 13.3. The lowest BCUT2D eigenvalue weighted by Crippen LogP contribution is -2.62. The van der Waals surface area contributed by atoms with E-state index in [0.717, 1.165) is 22.2 Å². The van der Waals surface area contributed by atoms with Crippen LogP contribution in [0.3, 0.4) is 0 Å². The highest BCUT2D eigenvalue weighted by Crippen LogP contribution is 2.31. The van der Waals surface area contributed by atoms with Gasteiger partial charge in [-0.15, -0.1) is 0 Å². The Hall–Kier alpha value is -3.76. The minimum atomic E-state index is -0.974. The Bertz CT molecular complexity index is 1400. The molecule has 0 radical (unpaired) electrons. The highest BCUT2D eigenvalue weighted by molar-refractivity contribution is 5.90. The molecule has 4 atom stereocenters. The molecule has 232 valence electrons. The fourth-order valence-electron chi connectivity index (χ4n) is 5.22. The maximum Gasteiger partial charge on any atom is 0.262 e. The van der Waals surface area contributed by atoms with E-state index in [2.05, 4.69) is 17.3 Å². The van der Waals surface area contributed by atoms with Crippen molar-refractivity contribution in [2.75, 3.05) is 27.3 Å². The lowest BCUT2D eigenvalue weighted by atomic mass is 9.89. The summed E-state index contributed by atoms with van der Waals surface area (Å²) in [4.78, 5) is 47.4. The zero-order valence-electron chi connectivity index (χ0n) is 26.3. The lowest BCUT2D eigenvalue weighted by Gasteiger charge is -2.38. The Balaban J connectivity index is 1.75. The smallest absolute Gasteiger partial charge is 0.262 e. The minimum absolute atomic E-state index is 0.0368. The number of hydrogen-bond donors (Lipinski definition) is 2. The third-order valence-electron chi connectivity index (χ3n) is 8.34. The Labute approximate surface area is 254 Å². The van der Waals surface area contributed by atoms with E-state index < -0.39 is 29.5 Å². The quantitative estimate of drug-likeness (QED) is 0.555. The maximum atomic E-state index is 13.6. The van der Waals surface area contributed by atoms with Gasteiger partial charge in [-0.1, -0.05) is 50.8 Å². The number of allylic oxidation sites excluding steroid dienone is 1. The number of fused-ring (bicyclic) bond motifs is 4. The van der Waals surface area contributed by atoms with Crippen LogP contribution in [-0.4, -0.2) is 78.1 Å². The van der Waals surface area contributed by atoms with Crippen LogP contribution in [0.25, 0.3) is 17.0 Å². The summed E-state index contributed by atoms with van der Waals surface area (Å²) >= 11 is 0. The van der Waals surface area contributed by atoms with E-state index in [9.17, 15) is 14.4 Å². The van der Waals surface area contributed by atoms with Gasteiger partial charge in [0.15, 0.2) is 6.10 Å². The van der Waals surface area contributed by atoms with Crippen molar-refractivity contribution in [3.05, 3.63) is 60.0 Å². The number of hydrogen-bond acceptors (Lipinski definition) is 7. The van der Waals surface area contributed by atoms with Crippen LogP contribution in [0, 0.1) is 11.3 Å². The number of hydrazine groups is 1. The molecule has 10 nitrogen and oxygen atoms in total. The number of likely N-dealkylation sites (N-methyl/N-ethyl adjacent to an activating group) is 1. The standard InChI is InChI=1S/C33H45N5O5/c1-20(2)29-30(39)35-28(19-42-8)32(41)38-17-9-10-26(36-38)31(40)37(7)21(3)25-14-13-24-12-11-23(18-27(24)34-25)15-16-33(5,6)22(4)43-29/h11-16,18,20-21,26,28-29,36H,4,9-10,17,19H2,1-3,5-8H3,(H,35,39)/b16-15+/t21-,26+,28+,29+/m1/s1. The molecule has 5 bridgehead atoms. The van der Waals surface area contributed by atoms with Crippen molar-refractivity contribution in [2.45, 2.75) is 71.7 Å². The number of nitrogens with one attached hydrogen (secondary N) is 2. The van der Waals surface area contributed by atoms with Crippen molar-refractivity contribution in [2.24, 2.45) is 11.3 Å². The summed E-state index contributed by atoms with van der Waals surface area (Å²) in [7, 11) is 3.23. The van der Waals surface area contributed by atoms with Gasteiger partial charge in [-0.05, 0) is 57.2 Å². The van der Waals surface area contributed by atoms with Gasteiger partial charge < -0.3 is 19.7 Å². The van der Waals surface area contributed by atoms with E-state index in [0.29, 0.717) is 25.1 Å². The first-order valence-electron chi connectivity index (χ1n) is 14.9. The van der Waals surface area contributed by atoms with Gasteiger partial charge in [0.25, 0.3) is 11.8 Å². The molecule has 2 aliphatic rings. The molecule has 0 saturated carbocycles. The predicted octanol–water partition coefficient (Wildman–Crippen LogP) is 3.99. The van der Waals surface area contributed by atoms with Crippen molar-refractivity contribution < 1.29 is 23.9 Å². The first kappa shape index (κ1) is 32.2. The Kier molecular flexibility index (Phi) is 9.92. The highest BCUT2D eigenvalue weighted by atomic mass is 16.5. The molecule has 0 spiro atoms. The minimum Gasteiger partial charge on any atom is -0.484 e. The molecule has 1 saturated heterocycles. The largest absolute Gasteiger partial charge is 0.484 e. The molecular weight excluding hydrogens is 546 g/mol. The highest BCUT2D eigenvalue weighted by Gasteiger charge is 2.37. The molecule has 3 amide bonds. The van der Waals surface area contributed by atoms with E-state index in [1.807, 2.05) is 77.1 Å². The predicted molar refractivity (Wildman–Crippen MR) is 166 cm³/mol. The van der Waals surface area contributed by atoms with Crippen LogP contribution in [-0.2, 0) is 23.9 Å². The summed E-state index contributed by atoms with van der Waals surface area (Å²) in [5, 5.41) is 5.25. The number of rotatable bonds is 3. The molecule has 2 N–H and O–H groups in total. The number of benzene rings is 1. The zero-order chi connectivity index (χ0) is 31.5. The Morgan fingerprint density at radius 2 is 1.88 bits per heavy atom. The molecule has 1 aromatic heterocycles. The summed E-state index contributed by atoms with van der Waals surface area (Å²) < 4.78 is 11.5. The number of aromatic nitrogens is 1. The maximum absolute atomic E-state index is 13.6. The lowest BCUT2D eigenvalue weighted by molar-refractivity contribution is -0.148. The van der Waals surface area contributed by atoms with E-state index in [1.54, 1.807) is 11.9 Å².